The fourth-order valence-electron chi connectivity index (χ4n) is 1.66. The third-order valence-corrected chi connectivity index (χ3v) is 2.56. The SMILES string of the molecule is CC(C)C(NCC1CCC=CO1)C(N)=O. The van der Waals surface area contributed by atoms with Gasteiger partial charge in [-0.3, -0.25) is 4.79 Å². The fraction of sp³-hybridized carbons (Fsp3) is 0.727. The van der Waals surface area contributed by atoms with Gasteiger partial charge in [0.05, 0.1) is 12.3 Å². The second kappa shape index (κ2) is 5.75. The predicted molar refractivity (Wildman–Crippen MR) is 59.1 cm³/mol. The van der Waals surface area contributed by atoms with Crippen molar-refractivity contribution in [2.45, 2.75) is 38.8 Å². The molecule has 15 heavy (non-hydrogen) atoms. The van der Waals surface area contributed by atoms with Gasteiger partial charge in [0.25, 0.3) is 0 Å². The largest absolute Gasteiger partial charge is 0.497 e. The number of ether oxygens (including phenoxy) is 1. The molecule has 0 radical (unpaired) electrons. The van der Waals surface area contributed by atoms with Crippen molar-refractivity contribution < 1.29 is 9.53 Å². The minimum absolute atomic E-state index is 0.163. The summed E-state index contributed by atoms with van der Waals surface area (Å²) >= 11 is 0. The van der Waals surface area contributed by atoms with Crippen LogP contribution in [0.5, 0.6) is 0 Å². The van der Waals surface area contributed by atoms with Crippen LogP contribution < -0.4 is 11.1 Å². The van der Waals surface area contributed by atoms with Crippen LogP contribution in [-0.2, 0) is 9.53 Å². The molecule has 4 heteroatoms. The zero-order valence-corrected chi connectivity index (χ0v) is 9.40. The lowest BCUT2D eigenvalue weighted by Crippen LogP contribution is -2.47. The molecule has 2 unspecified atom stereocenters. The van der Waals surface area contributed by atoms with E-state index >= 15 is 0 Å². The first-order valence-corrected chi connectivity index (χ1v) is 5.44. The molecule has 1 heterocycles. The van der Waals surface area contributed by atoms with E-state index in [1.165, 1.54) is 0 Å². The van der Waals surface area contributed by atoms with Gasteiger partial charge in [-0.2, -0.15) is 0 Å². The highest BCUT2D eigenvalue weighted by molar-refractivity contribution is 5.80. The molecule has 0 saturated carbocycles. The molecule has 2 atom stereocenters. The molecular weight excluding hydrogens is 192 g/mol. The minimum Gasteiger partial charge on any atom is -0.497 e. The maximum Gasteiger partial charge on any atom is 0.234 e. The van der Waals surface area contributed by atoms with Gasteiger partial charge in [0.1, 0.15) is 6.10 Å². The zero-order chi connectivity index (χ0) is 11.3. The Morgan fingerprint density at radius 3 is 2.87 bits per heavy atom. The Bertz CT molecular complexity index is 239. The van der Waals surface area contributed by atoms with Gasteiger partial charge < -0.3 is 15.8 Å². The van der Waals surface area contributed by atoms with E-state index in [0.29, 0.717) is 6.54 Å². The zero-order valence-electron chi connectivity index (χ0n) is 9.40. The Labute approximate surface area is 90.9 Å². The summed E-state index contributed by atoms with van der Waals surface area (Å²) in [6.07, 6.45) is 5.92. The van der Waals surface area contributed by atoms with Crippen LogP contribution in [0.2, 0.25) is 0 Å². The van der Waals surface area contributed by atoms with E-state index in [-0.39, 0.29) is 24.0 Å². The fourth-order valence-corrected chi connectivity index (χ4v) is 1.66. The molecule has 1 rings (SSSR count). The lowest BCUT2D eigenvalue weighted by molar-refractivity contribution is -0.121. The summed E-state index contributed by atoms with van der Waals surface area (Å²) in [5.74, 6) is -0.0852. The van der Waals surface area contributed by atoms with Crippen LogP contribution in [0.1, 0.15) is 26.7 Å². The van der Waals surface area contributed by atoms with Crippen LogP contribution in [0, 0.1) is 5.92 Å². The van der Waals surface area contributed by atoms with Crippen molar-refractivity contribution in [2.24, 2.45) is 11.7 Å². The normalized spacial score (nSPS) is 22.5. The highest BCUT2D eigenvalue weighted by Crippen LogP contribution is 2.10. The summed E-state index contributed by atoms with van der Waals surface area (Å²) in [6.45, 7) is 4.63. The second-order valence-corrected chi connectivity index (χ2v) is 4.24. The van der Waals surface area contributed by atoms with Crippen LogP contribution in [-0.4, -0.2) is 24.6 Å². The second-order valence-electron chi connectivity index (χ2n) is 4.24. The van der Waals surface area contributed by atoms with Gasteiger partial charge in [0.2, 0.25) is 5.91 Å². The number of rotatable bonds is 5. The van der Waals surface area contributed by atoms with Gasteiger partial charge in [-0.15, -0.1) is 0 Å². The number of hydrogen-bond acceptors (Lipinski definition) is 3. The van der Waals surface area contributed by atoms with Gasteiger partial charge in [-0.1, -0.05) is 13.8 Å². The number of carbonyl (C=O) groups excluding carboxylic acids is 1. The number of hydrogen-bond donors (Lipinski definition) is 2. The van der Waals surface area contributed by atoms with Crippen molar-refractivity contribution in [2.75, 3.05) is 6.54 Å². The maximum atomic E-state index is 11.1. The van der Waals surface area contributed by atoms with Crippen LogP contribution in [0.3, 0.4) is 0 Å². The van der Waals surface area contributed by atoms with Crippen molar-refractivity contribution in [3.63, 3.8) is 0 Å². The highest BCUT2D eigenvalue weighted by atomic mass is 16.5. The summed E-state index contributed by atoms with van der Waals surface area (Å²) in [6, 6.07) is -0.264. The molecule has 4 nitrogen and oxygen atoms in total. The molecule has 1 aliphatic heterocycles. The molecule has 1 amide bonds. The number of carbonyl (C=O) groups is 1. The van der Waals surface area contributed by atoms with E-state index in [0.717, 1.165) is 12.8 Å². The van der Waals surface area contributed by atoms with E-state index < -0.39 is 0 Å². The molecule has 1 aliphatic rings. The molecule has 0 bridgehead atoms. The van der Waals surface area contributed by atoms with Gasteiger partial charge >= 0.3 is 0 Å². The van der Waals surface area contributed by atoms with Crippen molar-refractivity contribution in [3.05, 3.63) is 12.3 Å². The van der Waals surface area contributed by atoms with Crippen LogP contribution in [0.4, 0.5) is 0 Å². The van der Waals surface area contributed by atoms with Crippen LogP contribution >= 0.6 is 0 Å². The van der Waals surface area contributed by atoms with Crippen molar-refractivity contribution in [1.29, 1.82) is 0 Å². The standard InChI is InChI=1S/C11H20N2O2/c1-8(2)10(11(12)14)13-7-9-5-3-4-6-15-9/h4,6,8-10,13H,3,5,7H2,1-2H3,(H2,12,14). The Morgan fingerprint density at radius 2 is 2.40 bits per heavy atom. The summed E-state index contributed by atoms with van der Waals surface area (Å²) in [5.41, 5.74) is 5.30. The minimum atomic E-state index is -0.295. The Morgan fingerprint density at radius 1 is 1.67 bits per heavy atom. The third kappa shape index (κ3) is 3.91. The van der Waals surface area contributed by atoms with Gasteiger partial charge in [-0.05, 0) is 24.8 Å². The molecule has 0 fully saturated rings. The smallest absolute Gasteiger partial charge is 0.234 e. The monoisotopic (exact) mass is 212 g/mol. The molecular formula is C11H20N2O2. The summed E-state index contributed by atoms with van der Waals surface area (Å²) < 4.78 is 5.39. The van der Waals surface area contributed by atoms with Crippen molar-refractivity contribution in [1.82, 2.24) is 5.32 Å². The molecule has 0 spiro atoms. The Kier molecular flexibility index (Phi) is 4.62. The molecule has 0 aliphatic carbocycles. The van der Waals surface area contributed by atoms with Crippen molar-refractivity contribution in [3.8, 4) is 0 Å². The highest BCUT2D eigenvalue weighted by Gasteiger charge is 2.20. The first kappa shape index (κ1) is 12.0. The average Bonchev–Trinajstić information content (AvgIpc) is 2.18. The summed E-state index contributed by atoms with van der Waals surface area (Å²) in [4.78, 5) is 11.1. The molecule has 86 valence electrons. The average molecular weight is 212 g/mol. The maximum absolute atomic E-state index is 11.1. The van der Waals surface area contributed by atoms with E-state index in [9.17, 15) is 4.79 Å². The lowest BCUT2D eigenvalue weighted by atomic mass is 10.0. The number of nitrogens with two attached hydrogens (primary N) is 1. The molecule has 0 aromatic carbocycles. The molecule has 3 N–H and O–H groups in total. The lowest BCUT2D eigenvalue weighted by Gasteiger charge is -2.24. The summed E-state index contributed by atoms with van der Waals surface area (Å²) in [7, 11) is 0. The molecule has 0 saturated heterocycles. The number of nitrogens with one attached hydrogen (secondary N) is 1. The molecule has 0 aromatic rings. The third-order valence-electron chi connectivity index (χ3n) is 2.56. The van der Waals surface area contributed by atoms with E-state index in [1.54, 1.807) is 6.26 Å². The number of amides is 1. The summed E-state index contributed by atoms with van der Waals surface area (Å²) in [5, 5.41) is 3.15. The quantitative estimate of drug-likeness (QED) is 0.707. The van der Waals surface area contributed by atoms with Gasteiger partial charge in [0.15, 0.2) is 0 Å². The van der Waals surface area contributed by atoms with Gasteiger partial charge in [-0.25, -0.2) is 0 Å². The van der Waals surface area contributed by atoms with Gasteiger partial charge in [0, 0.05) is 6.54 Å². The first-order chi connectivity index (χ1) is 7.11. The van der Waals surface area contributed by atoms with Crippen LogP contribution in [0.15, 0.2) is 12.3 Å². The topological polar surface area (TPSA) is 64.3 Å². The number of allylic oxidation sites excluding steroid dienone is 1. The number of primary amides is 1. The van der Waals surface area contributed by atoms with E-state index in [4.69, 9.17) is 10.5 Å². The Balaban J connectivity index is 2.33. The van der Waals surface area contributed by atoms with E-state index in [1.807, 2.05) is 19.9 Å². The first-order valence-electron chi connectivity index (χ1n) is 5.44. The molecule has 0 aromatic heterocycles. The van der Waals surface area contributed by atoms with Crippen LogP contribution in [0.25, 0.3) is 0 Å². The van der Waals surface area contributed by atoms with E-state index in [2.05, 4.69) is 5.32 Å². The predicted octanol–water partition coefficient (Wildman–Crippen LogP) is 0.779. The van der Waals surface area contributed by atoms with Crippen molar-refractivity contribution >= 4 is 5.91 Å². The Hall–Kier alpha value is -1.03.